The van der Waals surface area contributed by atoms with Crippen LogP contribution in [-0.2, 0) is 0 Å². The Kier molecular flexibility index (Phi) is 3.08. The molecule has 0 spiro atoms. The monoisotopic (exact) mass is 205 g/mol. The molecule has 2 rings (SSSR count). The first kappa shape index (κ1) is 10.7. The number of nitrogens with zero attached hydrogens (tertiary/aromatic N) is 1. The van der Waals surface area contributed by atoms with Crippen LogP contribution in [0.5, 0.6) is 0 Å². The van der Waals surface area contributed by atoms with Crippen LogP contribution >= 0.6 is 0 Å². The van der Waals surface area contributed by atoms with Gasteiger partial charge in [-0.3, -0.25) is 4.90 Å². The van der Waals surface area contributed by atoms with Gasteiger partial charge in [0.15, 0.2) is 0 Å². The summed E-state index contributed by atoms with van der Waals surface area (Å²) >= 11 is 0. The van der Waals surface area contributed by atoms with Crippen molar-refractivity contribution in [2.75, 3.05) is 7.05 Å². The van der Waals surface area contributed by atoms with E-state index in [2.05, 4.69) is 36.1 Å². The Balaban J connectivity index is 2.13. The van der Waals surface area contributed by atoms with E-state index in [-0.39, 0.29) is 6.23 Å². The maximum Gasteiger partial charge on any atom is 0.107 e. The smallest absolute Gasteiger partial charge is 0.107 e. The van der Waals surface area contributed by atoms with E-state index in [0.29, 0.717) is 12.0 Å². The minimum atomic E-state index is -0.293. The van der Waals surface area contributed by atoms with Gasteiger partial charge in [-0.25, -0.2) is 0 Å². The maximum absolute atomic E-state index is 9.91. The molecule has 2 heteroatoms. The third-order valence-electron chi connectivity index (χ3n) is 3.56. The molecule has 0 radical (unpaired) electrons. The van der Waals surface area contributed by atoms with E-state index in [4.69, 9.17) is 0 Å². The van der Waals surface area contributed by atoms with Gasteiger partial charge in [0.2, 0.25) is 0 Å². The number of rotatable bonds is 1. The molecule has 0 bridgehead atoms. The van der Waals surface area contributed by atoms with E-state index in [0.717, 1.165) is 12.8 Å². The molecular formula is C13H19NO. The Labute approximate surface area is 91.5 Å². The van der Waals surface area contributed by atoms with Crippen LogP contribution < -0.4 is 0 Å². The highest BCUT2D eigenvalue weighted by molar-refractivity contribution is 5.20. The molecule has 1 heterocycles. The number of likely N-dealkylation sites (tertiary alicyclic amines) is 1. The first-order chi connectivity index (χ1) is 7.18. The van der Waals surface area contributed by atoms with Crippen LogP contribution in [0.3, 0.4) is 0 Å². The Morgan fingerprint density at radius 2 is 1.87 bits per heavy atom. The summed E-state index contributed by atoms with van der Waals surface area (Å²) in [5.41, 5.74) is 1.36. The molecule has 1 aliphatic rings. The first-order valence-corrected chi connectivity index (χ1v) is 5.63. The average Bonchev–Trinajstić information content (AvgIpc) is 2.26. The summed E-state index contributed by atoms with van der Waals surface area (Å²) in [7, 11) is 2.00. The van der Waals surface area contributed by atoms with Crippen LogP contribution in [0.2, 0.25) is 0 Å². The highest BCUT2D eigenvalue weighted by atomic mass is 16.3. The number of piperidine rings is 1. The lowest BCUT2D eigenvalue weighted by molar-refractivity contribution is -0.0409. The zero-order valence-electron chi connectivity index (χ0n) is 9.43. The van der Waals surface area contributed by atoms with Crippen LogP contribution in [0.25, 0.3) is 0 Å². The van der Waals surface area contributed by atoms with E-state index in [1.54, 1.807) is 0 Å². The van der Waals surface area contributed by atoms with Crippen LogP contribution in [0.15, 0.2) is 30.3 Å². The van der Waals surface area contributed by atoms with Crippen molar-refractivity contribution in [3.05, 3.63) is 35.9 Å². The summed E-state index contributed by atoms with van der Waals surface area (Å²) in [6.07, 6.45) is 1.70. The molecule has 0 amide bonds. The van der Waals surface area contributed by atoms with Gasteiger partial charge in [0, 0.05) is 6.04 Å². The van der Waals surface area contributed by atoms with Gasteiger partial charge in [0.25, 0.3) is 0 Å². The van der Waals surface area contributed by atoms with E-state index in [9.17, 15) is 5.11 Å². The minimum Gasteiger partial charge on any atom is -0.378 e. The van der Waals surface area contributed by atoms with Gasteiger partial charge in [0.1, 0.15) is 6.23 Å². The fraction of sp³-hybridized carbons (Fsp3) is 0.538. The highest BCUT2D eigenvalue weighted by Gasteiger charge is 2.29. The number of hydrogen-bond acceptors (Lipinski definition) is 2. The molecular weight excluding hydrogens is 186 g/mol. The number of aliphatic hydroxyl groups is 1. The topological polar surface area (TPSA) is 23.5 Å². The zero-order chi connectivity index (χ0) is 10.8. The third-order valence-corrected chi connectivity index (χ3v) is 3.56. The molecule has 1 aromatic carbocycles. The normalized spacial score (nSPS) is 32.9. The number of benzene rings is 1. The Morgan fingerprint density at radius 3 is 2.47 bits per heavy atom. The van der Waals surface area contributed by atoms with E-state index < -0.39 is 0 Å². The summed E-state index contributed by atoms with van der Waals surface area (Å²) < 4.78 is 0. The molecule has 82 valence electrons. The largest absolute Gasteiger partial charge is 0.378 e. The molecule has 0 unspecified atom stereocenters. The van der Waals surface area contributed by atoms with Gasteiger partial charge in [-0.05, 0) is 38.3 Å². The predicted octanol–water partition coefficient (Wildman–Crippen LogP) is 2.20. The van der Waals surface area contributed by atoms with Crippen molar-refractivity contribution in [1.29, 1.82) is 0 Å². The fourth-order valence-electron chi connectivity index (χ4n) is 2.39. The highest BCUT2D eigenvalue weighted by Crippen LogP contribution is 2.33. The van der Waals surface area contributed by atoms with Crippen LogP contribution in [0.4, 0.5) is 0 Å². The zero-order valence-corrected chi connectivity index (χ0v) is 9.43. The molecule has 2 nitrogen and oxygen atoms in total. The van der Waals surface area contributed by atoms with Crippen molar-refractivity contribution in [3.63, 3.8) is 0 Å². The number of hydrogen-bond donors (Lipinski definition) is 1. The van der Waals surface area contributed by atoms with E-state index in [1.807, 2.05) is 13.1 Å². The molecule has 0 aliphatic carbocycles. The van der Waals surface area contributed by atoms with E-state index in [1.165, 1.54) is 5.56 Å². The van der Waals surface area contributed by atoms with Gasteiger partial charge in [-0.2, -0.15) is 0 Å². The SMILES string of the molecule is C[C@@H]1C[C@@H](c2ccccc2)C[C@@H](O)N1C. The second-order valence-corrected chi connectivity index (χ2v) is 4.57. The maximum atomic E-state index is 9.91. The summed E-state index contributed by atoms with van der Waals surface area (Å²) in [4.78, 5) is 2.06. The van der Waals surface area contributed by atoms with Gasteiger partial charge in [0.05, 0.1) is 0 Å². The third kappa shape index (κ3) is 2.21. The van der Waals surface area contributed by atoms with Gasteiger partial charge in [-0.15, -0.1) is 0 Å². The molecule has 3 atom stereocenters. The van der Waals surface area contributed by atoms with Crippen molar-refractivity contribution < 1.29 is 5.11 Å². The predicted molar refractivity (Wildman–Crippen MR) is 61.6 cm³/mol. The van der Waals surface area contributed by atoms with Crippen molar-refractivity contribution in [2.45, 2.75) is 38.0 Å². The van der Waals surface area contributed by atoms with Crippen molar-refractivity contribution in [3.8, 4) is 0 Å². The Morgan fingerprint density at radius 1 is 1.20 bits per heavy atom. The second kappa shape index (κ2) is 4.33. The van der Waals surface area contributed by atoms with Crippen molar-refractivity contribution >= 4 is 0 Å². The fourth-order valence-corrected chi connectivity index (χ4v) is 2.39. The summed E-state index contributed by atoms with van der Waals surface area (Å²) in [6, 6.07) is 11.0. The van der Waals surface area contributed by atoms with Crippen molar-refractivity contribution in [1.82, 2.24) is 4.90 Å². The lowest BCUT2D eigenvalue weighted by Crippen LogP contribution is -2.44. The molecule has 1 N–H and O–H groups in total. The first-order valence-electron chi connectivity index (χ1n) is 5.63. The molecule has 1 fully saturated rings. The molecule has 1 saturated heterocycles. The minimum absolute atomic E-state index is 0.293. The van der Waals surface area contributed by atoms with Crippen LogP contribution in [0.1, 0.15) is 31.2 Å². The molecule has 1 aliphatic heterocycles. The Hall–Kier alpha value is -0.860. The standard InChI is InChI=1S/C13H19NO/c1-10-8-12(9-13(15)14(10)2)11-6-4-3-5-7-11/h3-7,10,12-13,15H,8-9H2,1-2H3/t10-,12-,13-/m1/s1. The number of aliphatic hydroxyl groups excluding tert-OH is 1. The summed E-state index contributed by atoms with van der Waals surface area (Å²) in [5.74, 6) is 0.507. The van der Waals surface area contributed by atoms with Gasteiger partial charge >= 0.3 is 0 Å². The van der Waals surface area contributed by atoms with Crippen LogP contribution in [0, 0.1) is 0 Å². The quantitative estimate of drug-likeness (QED) is 0.759. The second-order valence-electron chi connectivity index (χ2n) is 4.57. The molecule has 0 aromatic heterocycles. The summed E-state index contributed by atoms with van der Waals surface area (Å²) in [6.45, 7) is 2.18. The summed E-state index contributed by atoms with van der Waals surface area (Å²) in [5, 5.41) is 9.91. The van der Waals surface area contributed by atoms with Gasteiger partial charge in [-0.1, -0.05) is 30.3 Å². The molecule has 15 heavy (non-hydrogen) atoms. The van der Waals surface area contributed by atoms with E-state index >= 15 is 0 Å². The average molecular weight is 205 g/mol. The van der Waals surface area contributed by atoms with Crippen LogP contribution in [-0.4, -0.2) is 29.3 Å². The Bertz CT molecular complexity index is 300. The lowest BCUT2D eigenvalue weighted by atomic mass is 9.85. The van der Waals surface area contributed by atoms with Gasteiger partial charge < -0.3 is 5.11 Å². The molecule has 0 saturated carbocycles. The molecule has 1 aromatic rings. The van der Waals surface area contributed by atoms with Crippen molar-refractivity contribution in [2.24, 2.45) is 0 Å². The lowest BCUT2D eigenvalue weighted by Gasteiger charge is -2.39.